The van der Waals surface area contributed by atoms with Gasteiger partial charge in [-0.1, -0.05) is 188 Å². The summed E-state index contributed by atoms with van der Waals surface area (Å²) >= 11 is 0.829. The lowest BCUT2D eigenvalue weighted by Gasteiger charge is -2.37. The third-order valence-corrected chi connectivity index (χ3v) is 23.3. The summed E-state index contributed by atoms with van der Waals surface area (Å²) in [5.74, 6) is -16.7. The Balaban J connectivity index is 1.22. The van der Waals surface area contributed by atoms with E-state index in [0.717, 1.165) is 26.5 Å². The minimum Gasteiger partial charge on any atom is -0.508 e. The van der Waals surface area contributed by atoms with Gasteiger partial charge in [-0.15, -0.1) is 11.8 Å². The zero-order valence-electron chi connectivity index (χ0n) is 75.0. The van der Waals surface area contributed by atoms with Gasteiger partial charge in [0.25, 0.3) is 0 Å². The summed E-state index contributed by atoms with van der Waals surface area (Å²) in [5.41, 5.74) is 7.85. The molecule has 0 unspecified atom stereocenters. The van der Waals surface area contributed by atoms with Crippen LogP contribution in [0.25, 0.3) is 10.9 Å². The first-order valence-corrected chi connectivity index (χ1v) is 44.1. The van der Waals surface area contributed by atoms with Gasteiger partial charge in [-0.25, -0.2) is 0 Å². The number of hydrogen-bond acceptors (Lipinski definition) is 19. The number of para-hydroxylation sites is 1. The largest absolute Gasteiger partial charge is 0.508 e. The number of rotatable bonds is 22. The van der Waals surface area contributed by atoms with Crippen LogP contribution in [0.15, 0.2) is 170 Å². The van der Waals surface area contributed by atoms with E-state index in [2.05, 4.69) is 52.8 Å². The number of aliphatic carboxylic acids is 1. The second kappa shape index (κ2) is 48.5. The molecule has 1 aliphatic heterocycles. The Morgan fingerprint density at radius 2 is 0.908 bits per heavy atom. The number of nitrogens with two attached hydrogens (primary N) is 1. The third-order valence-electron chi connectivity index (χ3n) is 22.2. The van der Waals surface area contributed by atoms with E-state index in [1.807, 2.05) is 6.92 Å². The van der Waals surface area contributed by atoms with Gasteiger partial charge in [-0.2, -0.15) is 0 Å². The predicted octanol–water partition coefficient (Wildman–Crippen LogP) is 2.72. The van der Waals surface area contributed by atoms with Gasteiger partial charge in [0.1, 0.15) is 78.0 Å². The Kier molecular flexibility index (Phi) is 37.9. The van der Waals surface area contributed by atoms with Crippen LogP contribution < -0.4 is 53.6 Å². The van der Waals surface area contributed by atoms with E-state index in [4.69, 9.17) is 5.73 Å². The molecule has 1 saturated heterocycles. The Morgan fingerprint density at radius 3 is 1.44 bits per heavy atom. The van der Waals surface area contributed by atoms with Crippen molar-refractivity contribution in [3.63, 3.8) is 0 Å². The van der Waals surface area contributed by atoms with E-state index in [-0.39, 0.29) is 74.5 Å². The average molecular weight is 1810 g/mol. The highest BCUT2D eigenvalue weighted by molar-refractivity contribution is 8.00. The van der Waals surface area contributed by atoms with Gasteiger partial charge in [0.05, 0.1) is 31.8 Å². The number of carboxylic acid groups (broad SMARTS) is 1. The molecule has 1 aliphatic rings. The number of nitrogens with zero attached hydrogens (tertiary/aromatic N) is 5. The number of likely N-dealkylation sites (N-methyl/N-ethyl adjacent to an activating group) is 5. The molecule has 0 aliphatic carbocycles. The first-order valence-electron chi connectivity index (χ1n) is 43.0. The number of unbranched alkanes of at least 4 members (excludes halogenated alkanes) is 1. The summed E-state index contributed by atoms with van der Waals surface area (Å²) in [7, 11) is 6.54. The van der Waals surface area contributed by atoms with Crippen LogP contribution in [0.2, 0.25) is 0 Å². The third kappa shape index (κ3) is 30.5. The van der Waals surface area contributed by atoms with Gasteiger partial charge in [0, 0.05) is 96.6 Å². The molecule has 1 aromatic heterocycles. The maximum atomic E-state index is 15.5. The lowest BCUT2D eigenvalue weighted by atomic mass is 9.85. The number of aromatic nitrogens is 1. The number of amides is 15. The maximum Gasteiger partial charge on any atom is 0.305 e. The molecule has 130 heavy (non-hydrogen) atoms. The number of carboxylic acids is 1. The molecule has 7 aromatic rings. The van der Waals surface area contributed by atoms with E-state index < -0.39 is 198 Å². The van der Waals surface area contributed by atoms with Crippen LogP contribution >= 0.6 is 11.8 Å². The summed E-state index contributed by atoms with van der Waals surface area (Å²) in [6.07, 6.45) is 0.0605. The molecule has 0 bridgehead atoms. The zero-order chi connectivity index (χ0) is 95.2. The van der Waals surface area contributed by atoms with Gasteiger partial charge in [-0.3, -0.25) is 76.7 Å². The number of hydrogen-bond donors (Lipinski definition) is 14. The molecule has 2 heterocycles. The SMILES string of the molecule is CCCC[C@H]1C(=O)N(C)CC(=O)N[C@@H](CC(=O)O)C(=O)N[C@@H](C(C)(C)C)C(=O)N(C)[C@H](Cc2ccccc2)C(=O)N[C@@H](Cc2ccc(O)cc2)C(=O)N(C)CC(=O)N[C@@H](Cc2c[nH]c3ccccc23)C(=O)N[C@@H](Cc2ccc(O)cc2)C(=O)N[C@@H](CC(C)C)C(=O)N[C@H](C(=O)NCC(N)=O)CSCC(=O)N[C@@H](Cc2ccccc2)C(=O)N(C)[C@H](Cc2ccccc2)C(=O)N1C. The van der Waals surface area contributed by atoms with Crippen LogP contribution in [0.3, 0.4) is 0 Å². The molecule has 0 saturated carbocycles. The molecule has 15 amide bonds. The molecule has 35 nitrogen and oxygen atoms in total. The van der Waals surface area contributed by atoms with E-state index in [1.54, 1.807) is 156 Å². The number of fused-ring (bicyclic) bond motifs is 1. The van der Waals surface area contributed by atoms with Gasteiger partial charge >= 0.3 is 5.97 Å². The molecular formula is C94H120N16O19S. The normalized spacial score (nSPS) is 21.9. The number of primary amides is 1. The van der Waals surface area contributed by atoms with Crippen LogP contribution in [0.1, 0.15) is 107 Å². The first kappa shape index (κ1) is 102. The number of carbonyl (C=O) groups is 16. The number of nitrogens with one attached hydrogen (secondary N) is 10. The zero-order valence-corrected chi connectivity index (χ0v) is 75.8. The molecule has 8 rings (SSSR count). The number of H-pyrrole nitrogens is 1. The Labute approximate surface area is 759 Å². The summed E-state index contributed by atoms with van der Waals surface area (Å²) < 4.78 is 0. The molecular weight excluding hydrogens is 1690 g/mol. The quantitative estimate of drug-likeness (QED) is 0.0464. The fraction of sp³-hybridized carbons (Fsp3) is 0.426. The van der Waals surface area contributed by atoms with E-state index in [1.165, 1.54) is 93.6 Å². The van der Waals surface area contributed by atoms with Gasteiger partial charge < -0.3 is 98.4 Å². The van der Waals surface area contributed by atoms with Crippen LogP contribution in [0.5, 0.6) is 11.5 Å². The minimum atomic E-state index is -1.92. The van der Waals surface area contributed by atoms with Crippen molar-refractivity contribution in [2.24, 2.45) is 17.1 Å². The Bertz CT molecular complexity index is 5120. The van der Waals surface area contributed by atoms with E-state index in [9.17, 15) is 53.7 Å². The highest BCUT2D eigenvalue weighted by Gasteiger charge is 2.44. The lowest BCUT2D eigenvalue weighted by molar-refractivity contribution is -0.151. The number of thioether (sulfide) groups is 1. The summed E-state index contributed by atoms with van der Waals surface area (Å²) in [5, 5.41) is 55.7. The van der Waals surface area contributed by atoms with Gasteiger partial charge in [0.15, 0.2) is 0 Å². The fourth-order valence-corrected chi connectivity index (χ4v) is 15.9. The number of aromatic amines is 1. The summed E-state index contributed by atoms with van der Waals surface area (Å²) in [4.78, 5) is 244. The van der Waals surface area contributed by atoms with E-state index >= 15 is 38.4 Å². The van der Waals surface area contributed by atoms with Crippen molar-refractivity contribution in [2.75, 3.05) is 66.4 Å². The van der Waals surface area contributed by atoms with Crippen molar-refractivity contribution in [1.29, 1.82) is 0 Å². The Hall–Kier alpha value is -13.7. The van der Waals surface area contributed by atoms with Gasteiger partial charge in [-0.05, 0) is 87.9 Å². The van der Waals surface area contributed by atoms with E-state index in [0.29, 0.717) is 57.1 Å². The smallest absolute Gasteiger partial charge is 0.305 e. The standard InChI is InChI=1S/C94H120N16O19S/c1-12-13-33-74-91(127)107(8)53-79(115)99-70(49-81(117)118)87(123)105-82(94(4,5)6)93(129)109(10)75(46-58-27-19-15-20-28-58)88(124)103-71(45-61-36-40-64(112)41-37-61)89(125)106(7)52-78(114)98-69(48-62-50-96-66-32-24-23-31-65(62)66)86(122)102-68(43-60-34-38-63(111)39-35-60)85(121)101-67(42-56(2)3)84(120)104-73(83(119)97-51-77(95)113)54-130-55-80(116)100-72(44-57-25-17-14-18-26-57)90(126)110(11)76(92(128)108(74)9)47-59-29-21-16-22-30-59/h14-32,34-41,50,56,67-76,82,96,111-112H,12-13,33,42-49,51-55H2,1-11H3,(H2,95,113)(H,97,119)(H,98,114)(H,99,115)(H,100,116)(H,101,121)(H,102,122)(H,103,124)(H,104,120)(H,105,123)(H,117,118)/t67-,68-,69-,70-,71-,72-,73-,74-,75+,76+,82+/m0/s1. The van der Waals surface area contributed by atoms with Crippen molar-refractivity contribution in [2.45, 2.75) is 179 Å². The van der Waals surface area contributed by atoms with Crippen molar-refractivity contribution in [3.05, 3.63) is 203 Å². The first-order chi connectivity index (χ1) is 61.7. The Morgan fingerprint density at radius 1 is 0.469 bits per heavy atom. The molecule has 6 aromatic carbocycles. The monoisotopic (exact) mass is 1810 g/mol. The fourth-order valence-electron chi connectivity index (χ4n) is 15.1. The second-order valence-corrected chi connectivity index (χ2v) is 35.2. The predicted molar refractivity (Wildman–Crippen MR) is 487 cm³/mol. The highest BCUT2D eigenvalue weighted by atomic mass is 32.2. The molecule has 36 heteroatoms. The number of carbonyl (C=O) groups excluding carboxylic acids is 15. The van der Waals surface area contributed by atoms with Gasteiger partial charge in [0.2, 0.25) is 88.6 Å². The summed E-state index contributed by atoms with van der Waals surface area (Å²) in [6, 6.07) is 27.2. The number of phenols is 2. The second-order valence-electron chi connectivity index (χ2n) is 34.1. The minimum absolute atomic E-state index is 0.0275. The number of benzene rings is 6. The maximum absolute atomic E-state index is 15.5. The van der Waals surface area contributed by atoms with Crippen molar-refractivity contribution < 1.29 is 92.0 Å². The van der Waals surface area contributed by atoms with Crippen molar-refractivity contribution in [1.82, 2.24) is 77.3 Å². The molecule has 696 valence electrons. The van der Waals surface area contributed by atoms with Crippen LogP contribution in [-0.2, 0) is 115 Å². The average Bonchev–Trinajstić information content (AvgIpc) is 1.08. The molecule has 0 radical (unpaired) electrons. The van der Waals surface area contributed by atoms with Crippen LogP contribution in [-0.4, -0.2) is 272 Å². The number of aromatic hydroxyl groups is 2. The lowest BCUT2D eigenvalue weighted by Crippen LogP contribution is -2.62. The molecule has 15 N–H and O–H groups in total. The van der Waals surface area contributed by atoms with Crippen molar-refractivity contribution >= 4 is 117 Å². The molecule has 11 atom stereocenters. The van der Waals surface area contributed by atoms with Crippen LogP contribution in [0.4, 0.5) is 0 Å². The highest BCUT2D eigenvalue weighted by Crippen LogP contribution is 2.27. The summed E-state index contributed by atoms with van der Waals surface area (Å²) in [6.45, 7) is 7.79. The number of phenolic OH excluding ortho intramolecular Hbond substituents is 2. The van der Waals surface area contributed by atoms with Crippen molar-refractivity contribution in [3.8, 4) is 11.5 Å². The van der Waals surface area contributed by atoms with Crippen LogP contribution in [0, 0.1) is 11.3 Å². The molecule has 1 fully saturated rings. The topological polar surface area (TPSA) is 500 Å². The molecule has 0 spiro atoms.